The zero-order chi connectivity index (χ0) is 22.2. The van der Waals surface area contributed by atoms with E-state index in [4.69, 9.17) is 4.74 Å². The van der Waals surface area contributed by atoms with E-state index in [1.807, 2.05) is 6.92 Å². The van der Waals surface area contributed by atoms with Crippen LogP contribution in [0.5, 0.6) is 0 Å². The van der Waals surface area contributed by atoms with Gasteiger partial charge in [-0.3, -0.25) is 14.4 Å². The van der Waals surface area contributed by atoms with Crippen molar-refractivity contribution in [1.29, 1.82) is 0 Å². The highest BCUT2D eigenvalue weighted by molar-refractivity contribution is 8.14. The van der Waals surface area contributed by atoms with Crippen molar-refractivity contribution in [1.82, 2.24) is 15.6 Å². The summed E-state index contributed by atoms with van der Waals surface area (Å²) in [5.74, 6) is -0.738. The highest BCUT2D eigenvalue weighted by atomic mass is 32.2. The van der Waals surface area contributed by atoms with Crippen molar-refractivity contribution in [2.45, 2.75) is 77.3 Å². The first-order chi connectivity index (χ1) is 15.0. The summed E-state index contributed by atoms with van der Waals surface area (Å²) in [5.41, 5.74) is 2.45. The largest absolute Gasteiger partial charge is 0.381 e. The molecule has 0 aromatic rings. The normalized spacial score (nSPS) is 25.8. The second-order valence-electron chi connectivity index (χ2n) is 8.77. The van der Waals surface area contributed by atoms with Gasteiger partial charge in [0, 0.05) is 37.5 Å². The number of amides is 2. The predicted octanol–water partition coefficient (Wildman–Crippen LogP) is 2.28. The molecule has 0 unspecified atom stereocenters. The lowest BCUT2D eigenvalue weighted by molar-refractivity contribution is -0.142. The maximum absolute atomic E-state index is 13.1. The van der Waals surface area contributed by atoms with E-state index in [-0.39, 0.29) is 17.7 Å². The molecule has 0 aromatic carbocycles. The van der Waals surface area contributed by atoms with Crippen molar-refractivity contribution in [3.05, 3.63) is 0 Å². The molecule has 0 radical (unpaired) electrons. The topological polar surface area (TPSA) is 100 Å². The monoisotopic (exact) mass is 452 g/mol. The SMILES string of the molecule is CCN1/C(=N/NC(=O)C(=O)[C@H](NC(=O)C2CCCCCC2)C2CCOCC2)SC[C@H]1C. The zero-order valence-electron chi connectivity index (χ0n) is 18.7. The molecule has 0 bridgehead atoms. The lowest BCUT2D eigenvalue weighted by Gasteiger charge is -2.30. The summed E-state index contributed by atoms with van der Waals surface area (Å²) in [4.78, 5) is 40.8. The summed E-state index contributed by atoms with van der Waals surface area (Å²) in [6.07, 6.45) is 7.39. The van der Waals surface area contributed by atoms with E-state index >= 15 is 0 Å². The molecule has 31 heavy (non-hydrogen) atoms. The highest BCUT2D eigenvalue weighted by Crippen LogP contribution is 2.25. The van der Waals surface area contributed by atoms with Crippen molar-refractivity contribution >= 4 is 34.5 Å². The molecule has 174 valence electrons. The maximum Gasteiger partial charge on any atom is 0.309 e. The van der Waals surface area contributed by atoms with Crippen LogP contribution in [0.1, 0.15) is 65.2 Å². The minimum atomic E-state index is -0.822. The number of nitrogens with zero attached hydrogens (tertiary/aromatic N) is 2. The van der Waals surface area contributed by atoms with Crippen molar-refractivity contribution in [2.75, 3.05) is 25.5 Å². The Balaban J connectivity index is 1.66. The lowest BCUT2D eigenvalue weighted by atomic mass is 9.87. The molecule has 1 aliphatic carbocycles. The van der Waals surface area contributed by atoms with Crippen LogP contribution >= 0.6 is 11.8 Å². The number of carbonyl (C=O) groups excluding carboxylic acids is 3. The number of hydrazone groups is 1. The Labute approximate surface area is 189 Å². The Morgan fingerprint density at radius 2 is 1.81 bits per heavy atom. The van der Waals surface area contributed by atoms with Crippen molar-refractivity contribution < 1.29 is 19.1 Å². The van der Waals surface area contributed by atoms with Crippen LogP contribution in [0.3, 0.4) is 0 Å². The molecule has 3 fully saturated rings. The Morgan fingerprint density at radius 3 is 2.45 bits per heavy atom. The van der Waals surface area contributed by atoms with E-state index in [1.165, 1.54) is 0 Å². The van der Waals surface area contributed by atoms with E-state index in [9.17, 15) is 14.4 Å². The molecule has 2 amide bonds. The van der Waals surface area contributed by atoms with Crippen LogP contribution < -0.4 is 10.7 Å². The van der Waals surface area contributed by atoms with Gasteiger partial charge < -0.3 is 15.0 Å². The smallest absolute Gasteiger partial charge is 0.309 e. The number of ketones is 1. The van der Waals surface area contributed by atoms with Crippen LogP contribution in [-0.4, -0.2) is 65.3 Å². The van der Waals surface area contributed by atoms with Gasteiger partial charge in [0.2, 0.25) is 11.7 Å². The number of amidine groups is 1. The van der Waals surface area contributed by atoms with E-state index in [0.717, 1.165) is 56.0 Å². The summed E-state index contributed by atoms with van der Waals surface area (Å²) < 4.78 is 5.42. The van der Waals surface area contributed by atoms with E-state index in [2.05, 4.69) is 27.7 Å². The van der Waals surface area contributed by atoms with Gasteiger partial charge in [0.1, 0.15) is 6.04 Å². The lowest BCUT2D eigenvalue weighted by Crippen LogP contribution is -2.53. The van der Waals surface area contributed by atoms with Crippen LogP contribution in [-0.2, 0) is 19.1 Å². The molecule has 0 aromatic heterocycles. The molecular weight excluding hydrogens is 416 g/mol. The van der Waals surface area contributed by atoms with Crippen LogP contribution in [0.4, 0.5) is 0 Å². The third-order valence-corrected chi connectivity index (χ3v) is 7.83. The first-order valence-electron chi connectivity index (χ1n) is 11.7. The Kier molecular flexibility index (Phi) is 9.19. The van der Waals surface area contributed by atoms with E-state index in [1.54, 1.807) is 11.8 Å². The summed E-state index contributed by atoms with van der Waals surface area (Å²) in [7, 11) is 0. The number of nitrogens with one attached hydrogen (secondary N) is 2. The number of Topliss-reactive ketones (excluding diaryl/α,β-unsaturated/α-hetero) is 1. The second-order valence-corrected chi connectivity index (χ2v) is 9.76. The molecule has 2 heterocycles. The van der Waals surface area contributed by atoms with E-state index < -0.39 is 17.7 Å². The minimum absolute atomic E-state index is 0.0737. The Hall–Kier alpha value is -1.61. The maximum atomic E-state index is 13.1. The first kappa shape index (κ1) is 24.0. The van der Waals surface area contributed by atoms with E-state index in [0.29, 0.717) is 32.1 Å². The fourth-order valence-electron chi connectivity index (χ4n) is 4.65. The minimum Gasteiger partial charge on any atom is -0.381 e. The van der Waals surface area contributed by atoms with Gasteiger partial charge in [0.15, 0.2) is 5.17 Å². The fraction of sp³-hybridized carbons (Fsp3) is 0.818. The molecule has 3 rings (SSSR count). The third kappa shape index (κ3) is 6.44. The number of carbonyl (C=O) groups is 3. The zero-order valence-corrected chi connectivity index (χ0v) is 19.5. The quantitative estimate of drug-likeness (QED) is 0.349. The van der Waals surface area contributed by atoms with Crippen molar-refractivity contribution in [3.8, 4) is 0 Å². The molecule has 2 atom stereocenters. The van der Waals surface area contributed by atoms with Gasteiger partial charge in [-0.1, -0.05) is 37.4 Å². The van der Waals surface area contributed by atoms with Crippen molar-refractivity contribution in [2.24, 2.45) is 16.9 Å². The average Bonchev–Trinajstić information content (AvgIpc) is 2.96. The van der Waals surface area contributed by atoms with Crippen molar-refractivity contribution in [3.63, 3.8) is 0 Å². The highest BCUT2D eigenvalue weighted by Gasteiger charge is 2.36. The number of rotatable bonds is 7. The summed E-state index contributed by atoms with van der Waals surface area (Å²) >= 11 is 1.57. The Bertz CT molecular complexity index is 672. The molecule has 2 aliphatic heterocycles. The summed E-state index contributed by atoms with van der Waals surface area (Å²) in [6, 6.07) is -0.479. The number of thioether (sulfide) groups is 1. The number of hydrogen-bond acceptors (Lipinski definition) is 6. The molecule has 2 saturated heterocycles. The summed E-state index contributed by atoms with van der Waals surface area (Å²) in [6.45, 7) is 6.01. The van der Waals surface area contributed by atoms with Gasteiger partial charge in [0.25, 0.3) is 0 Å². The molecule has 1 saturated carbocycles. The second kappa shape index (κ2) is 11.9. The Morgan fingerprint density at radius 1 is 1.13 bits per heavy atom. The van der Waals surface area contributed by atoms with Crippen LogP contribution in [0.25, 0.3) is 0 Å². The molecule has 9 heteroatoms. The predicted molar refractivity (Wildman–Crippen MR) is 122 cm³/mol. The van der Waals surface area contributed by atoms with Gasteiger partial charge in [-0.2, -0.15) is 0 Å². The standard InChI is InChI=1S/C22H36N4O4S/c1-3-26-15(2)14-31-22(26)25-24-21(29)19(27)18(16-10-12-30-13-11-16)23-20(28)17-8-6-4-5-7-9-17/h15-18H,3-14H2,1-2H3,(H,23,28)(H,24,29)/b25-22-/t15-,18-/m1/s1. The summed E-state index contributed by atoms with van der Waals surface area (Å²) in [5, 5.41) is 7.88. The number of hydrogen-bond donors (Lipinski definition) is 2. The average molecular weight is 453 g/mol. The first-order valence-corrected chi connectivity index (χ1v) is 12.7. The molecule has 8 nitrogen and oxygen atoms in total. The molecule has 2 N–H and O–H groups in total. The fourth-order valence-corrected chi connectivity index (χ4v) is 5.81. The van der Waals surface area contributed by atoms with Crippen LogP contribution in [0.15, 0.2) is 5.10 Å². The van der Waals surface area contributed by atoms with Gasteiger partial charge in [-0.05, 0) is 45.4 Å². The van der Waals surface area contributed by atoms with Crippen LogP contribution in [0, 0.1) is 11.8 Å². The molecule has 0 spiro atoms. The van der Waals surface area contributed by atoms with Gasteiger partial charge >= 0.3 is 5.91 Å². The number of ether oxygens (including phenoxy) is 1. The van der Waals surface area contributed by atoms with Gasteiger partial charge in [-0.25, -0.2) is 5.43 Å². The van der Waals surface area contributed by atoms with Gasteiger partial charge in [0.05, 0.1) is 0 Å². The van der Waals surface area contributed by atoms with Crippen LogP contribution in [0.2, 0.25) is 0 Å². The molecular formula is C22H36N4O4S. The molecule has 3 aliphatic rings. The third-order valence-electron chi connectivity index (χ3n) is 6.59. The van der Waals surface area contributed by atoms with Gasteiger partial charge in [-0.15, -0.1) is 5.10 Å².